The summed E-state index contributed by atoms with van der Waals surface area (Å²) in [4.78, 5) is 27.3. The number of hydrogen-bond acceptors (Lipinski definition) is 3. The van der Waals surface area contributed by atoms with Gasteiger partial charge in [-0.2, -0.15) is 0 Å². The Morgan fingerprint density at radius 2 is 1.59 bits per heavy atom. The molecule has 6 rings (SSSR count). The van der Waals surface area contributed by atoms with E-state index in [2.05, 4.69) is 64.4 Å². The molecule has 3 nitrogen and oxygen atoms in total. The van der Waals surface area contributed by atoms with E-state index in [0.717, 1.165) is 63.4 Å². The lowest BCUT2D eigenvalue weighted by atomic mass is 9.33. The third-order valence-corrected chi connectivity index (χ3v) is 14.8. The minimum absolute atomic E-state index is 0.0205. The Morgan fingerprint density at radius 1 is 0.902 bits per heavy atom. The molecule has 2 unspecified atom stereocenters. The second-order valence-electron chi connectivity index (χ2n) is 16.7. The molecule has 224 valence electrons. The number of carbonyl (C=O) groups is 2. The molecule has 0 radical (unpaired) electrons. The van der Waals surface area contributed by atoms with Gasteiger partial charge in [-0.25, -0.2) is 0 Å². The van der Waals surface area contributed by atoms with Gasteiger partial charge < -0.3 is 4.74 Å². The van der Waals surface area contributed by atoms with Crippen molar-refractivity contribution in [3.63, 3.8) is 0 Å². The van der Waals surface area contributed by atoms with Crippen molar-refractivity contribution in [2.75, 3.05) is 0 Å². The summed E-state index contributed by atoms with van der Waals surface area (Å²) in [6.07, 6.45) is 10.0. The predicted octanol–water partition coefficient (Wildman–Crippen LogP) is 9.82. The van der Waals surface area contributed by atoms with E-state index in [1.54, 1.807) is 5.57 Å². The third kappa shape index (κ3) is 4.15. The second-order valence-corrected chi connectivity index (χ2v) is 17.7. The van der Waals surface area contributed by atoms with Crippen molar-refractivity contribution in [3.8, 4) is 0 Å². The molecule has 4 fully saturated rings. The summed E-state index contributed by atoms with van der Waals surface area (Å²) >= 11 is 4.24. The van der Waals surface area contributed by atoms with Crippen molar-refractivity contribution in [3.05, 3.63) is 46.0 Å². The maximum Gasteiger partial charge on any atom is 0.313 e. The Bertz CT molecular complexity index is 1280. The number of halogens is 1. The lowest BCUT2D eigenvalue weighted by Gasteiger charge is -2.71. The summed E-state index contributed by atoms with van der Waals surface area (Å²) in [7, 11) is 0. The number of esters is 1. The molecule has 4 saturated carbocycles. The zero-order chi connectivity index (χ0) is 29.6. The van der Waals surface area contributed by atoms with Crippen LogP contribution in [0.4, 0.5) is 0 Å². The number of hydrogen-bond donors (Lipinski definition) is 0. The SMILES string of the molecule is CC1(C)CC[C@]2(C(=O)OCc3ccccc3)CC[C@]3(C)C(=C(Br)CC4[C@@]5(C)CCC(=O)C(C)(C)C5CC[C@]43C)[C@@H]2C1. The average Bonchev–Trinajstić information content (AvgIpc) is 2.91. The minimum atomic E-state index is -0.443. The van der Waals surface area contributed by atoms with Crippen LogP contribution in [-0.4, -0.2) is 11.8 Å². The van der Waals surface area contributed by atoms with Crippen LogP contribution < -0.4 is 0 Å². The largest absolute Gasteiger partial charge is 0.460 e. The van der Waals surface area contributed by atoms with E-state index in [0.29, 0.717) is 30.6 Å². The van der Waals surface area contributed by atoms with Crippen LogP contribution in [0.3, 0.4) is 0 Å². The van der Waals surface area contributed by atoms with Crippen molar-refractivity contribution < 1.29 is 14.3 Å². The van der Waals surface area contributed by atoms with E-state index in [9.17, 15) is 9.59 Å². The zero-order valence-corrected chi connectivity index (χ0v) is 28.1. The first-order valence-electron chi connectivity index (χ1n) is 16.2. The zero-order valence-electron chi connectivity index (χ0n) is 26.5. The lowest BCUT2D eigenvalue weighted by molar-refractivity contribution is -0.192. The molecule has 5 aliphatic rings. The number of ether oxygens (including phenoxy) is 1. The van der Waals surface area contributed by atoms with Crippen molar-refractivity contribution in [2.45, 2.75) is 119 Å². The summed E-state index contributed by atoms with van der Waals surface area (Å²) in [6.45, 7) is 17.3. The Labute approximate surface area is 256 Å². The van der Waals surface area contributed by atoms with E-state index < -0.39 is 5.41 Å². The van der Waals surface area contributed by atoms with Crippen LogP contribution in [-0.2, 0) is 20.9 Å². The number of Topliss-reactive ketones (excluding diaryl/α,β-unsaturated/α-hetero) is 1. The van der Waals surface area contributed by atoms with Gasteiger partial charge in [0.2, 0.25) is 0 Å². The van der Waals surface area contributed by atoms with Crippen molar-refractivity contribution >= 4 is 27.7 Å². The van der Waals surface area contributed by atoms with Crippen LogP contribution in [0.15, 0.2) is 40.4 Å². The lowest BCUT2D eigenvalue weighted by Crippen LogP contribution is -2.65. The van der Waals surface area contributed by atoms with Crippen LogP contribution in [0.2, 0.25) is 0 Å². The van der Waals surface area contributed by atoms with Gasteiger partial charge >= 0.3 is 5.97 Å². The van der Waals surface area contributed by atoms with Gasteiger partial charge in [0.25, 0.3) is 0 Å². The molecular formula is C37H51BrO3. The van der Waals surface area contributed by atoms with E-state index >= 15 is 0 Å². The summed E-state index contributed by atoms with van der Waals surface area (Å²) in [5.74, 6) is 1.65. The standard InChI is InChI=1S/C37H51BrO3/c1-32(2)17-19-37(31(40)41-23-24-11-9-8-10-12-24)20-18-36(7)30(25(37)22-32)26(38)21-28-34(5)15-14-29(39)33(3,4)27(34)13-16-35(28,36)6/h8-12,25,27-28H,13-23H2,1-7H3/t25-,27?,28?,34-,35+,36+,37-/m0/s1. The van der Waals surface area contributed by atoms with Gasteiger partial charge in [0.15, 0.2) is 0 Å². The molecule has 0 amide bonds. The maximum absolute atomic E-state index is 14.2. The first-order valence-corrected chi connectivity index (χ1v) is 17.0. The van der Waals surface area contributed by atoms with Gasteiger partial charge in [-0.3, -0.25) is 9.59 Å². The molecule has 4 heteroatoms. The van der Waals surface area contributed by atoms with E-state index in [1.807, 2.05) is 30.3 Å². The predicted molar refractivity (Wildman–Crippen MR) is 168 cm³/mol. The van der Waals surface area contributed by atoms with Gasteiger partial charge in [0.05, 0.1) is 5.41 Å². The molecule has 1 aromatic carbocycles. The fourth-order valence-electron chi connectivity index (χ4n) is 11.3. The highest BCUT2D eigenvalue weighted by Gasteiger charge is 2.70. The number of allylic oxidation sites excluding steroid dienone is 2. The molecular weight excluding hydrogens is 572 g/mol. The monoisotopic (exact) mass is 622 g/mol. The van der Waals surface area contributed by atoms with Gasteiger partial charge in [-0.05, 0) is 113 Å². The van der Waals surface area contributed by atoms with E-state index in [4.69, 9.17) is 4.74 Å². The van der Waals surface area contributed by atoms with Gasteiger partial charge in [0, 0.05) is 11.8 Å². The quantitative estimate of drug-likeness (QED) is 0.315. The molecule has 41 heavy (non-hydrogen) atoms. The van der Waals surface area contributed by atoms with Crippen LogP contribution in [0.25, 0.3) is 0 Å². The summed E-state index contributed by atoms with van der Waals surface area (Å²) in [5, 5.41) is 0. The second kappa shape index (κ2) is 9.54. The summed E-state index contributed by atoms with van der Waals surface area (Å²) < 4.78 is 7.55. The number of rotatable bonds is 3. The Morgan fingerprint density at radius 3 is 2.29 bits per heavy atom. The Balaban J connectivity index is 1.40. The molecule has 0 heterocycles. The average molecular weight is 624 g/mol. The fraction of sp³-hybridized carbons (Fsp3) is 0.730. The molecule has 0 aliphatic heterocycles. The Hall–Kier alpha value is -1.42. The number of carbonyl (C=O) groups excluding carboxylic acids is 2. The molecule has 0 aromatic heterocycles. The topological polar surface area (TPSA) is 43.4 Å². The number of ketones is 1. The van der Waals surface area contributed by atoms with Gasteiger partial charge in [-0.1, -0.05) is 94.7 Å². The summed E-state index contributed by atoms with van der Waals surface area (Å²) in [5.41, 5.74) is 2.41. The van der Waals surface area contributed by atoms with Crippen LogP contribution in [0.5, 0.6) is 0 Å². The van der Waals surface area contributed by atoms with Crippen LogP contribution >= 0.6 is 15.9 Å². The van der Waals surface area contributed by atoms with Crippen molar-refractivity contribution in [2.24, 2.45) is 50.2 Å². The van der Waals surface area contributed by atoms with Crippen molar-refractivity contribution in [1.82, 2.24) is 0 Å². The Kier molecular flexibility index (Phi) is 6.90. The normalized spacial score (nSPS) is 42.8. The molecule has 1 aromatic rings. The van der Waals surface area contributed by atoms with Crippen LogP contribution in [0, 0.1) is 50.2 Å². The first kappa shape index (κ1) is 29.6. The van der Waals surface area contributed by atoms with Gasteiger partial charge in [0.1, 0.15) is 12.4 Å². The molecule has 0 bridgehead atoms. The maximum atomic E-state index is 14.2. The van der Waals surface area contributed by atoms with Crippen molar-refractivity contribution in [1.29, 1.82) is 0 Å². The van der Waals surface area contributed by atoms with E-state index in [1.165, 1.54) is 4.48 Å². The fourth-order valence-corrected chi connectivity index (χ4v) is 12.3. The highest BCUT2D eigenvalue weighted by Crippen LogP contribution is 2.77. The smallest absolute Gasteiger partial charge is 0.313 e. The van der Waals surface area contributed by atoms with E-state index in [-0.39, 0.29) is 39.0 Å². The molecule has 7 atom stereocenters. The third-order valence-electron chi connectivity index (χ3n) is 14.0. The molecule has 0 spiro atoms. The first-order chi connectivity index (χ1) is 19.1. The van der Waals surface area contributed by atoms with Gasteiger partial charge in [-0.15, -0.1) is 0 Å². The molecule has 0 saturated heterocycles. The molecule has 5 aliphatic carbocycles. The highest BCUT2D eigenvalue weighted by atomic mass is 79.9. The molecule has 0 N–H and O–H groups in total. The summed E-state index contributed by atoms with van der Waals surface area (Å²) in [6, 6.07) is 10.1. The number of benzene rings is 1. The number of fused-ring (bicyclic) bond motifs is 7. The highest BCUT2D eigenvalue weighted by molar-refractivity contribution is 9.11. The van der Waals surface area contributed by atoms with Crippen LogP contribution in [0.1, 0.15) is 118 Å². The minimum Gasteiger partial charge on any atom is -0.460 e.